The van der Waals surface area contributed by atoms with E-state index in [9.17, 15) is 9.59 Å². The van der Waals surface area contributed by atoms with Crippen LogP contribution in [0.5, 0.6) is 0 Å². The number of amides is 2. The summed E-state index contributed by atoms with van der Waals surface area (Å²) in [4.78, 5) is 26.4. The lowest BCUT2D eigenvalue weighted by Crippen LogP contribution is -2.37. The molecule has 3 rings (SSSR count). The first-order chi connectivity index (χ1) is 12.6. The topological polar surface area (TPSA) is 49.4 Å². The van der Waals surface area contributed by atoms with Gasteiger partial charge in [0.2, 0.25) is 5.91 Å². The number of anilines is 1. The van der Waals surface area contributed by atoms with Crippen molar-refractivity contribution in [2.45, 2.75) is 45.6 Å². The number of fused-ring (bicyclic) bond motifs is 1. The van der Waals surface area contributed by atoms with Crippen LogP contribution in [-0.4, -0.2) is 18.4 Å². The Morgan fingerprint density at radius 2 is 1.85 bits per heavy atom. The predicted molar refractivity (Wildman–Crippen MR) is 104 cm³/mol. The van der Waals surface area contributed by atoms with E-state index in [4.69, 9.17) is 0 Å². The van der Waals surface area contributed by atoms with Crippen molar-refractivity contribution in [1.29, 1.82) is 0 Å². The summed E-state index contributed by atoms with van der Waals surface area (Å²) in [5.74, 6) is -0.225. The van der Waals surface area contributed by atoms with Gasteiger partial charge in [0, 0.05) is 24.7 Å². The van der Waals surface area contributed by atoms with E-state index in [1.165, 1.54) is 18.1 Å². The van der Waals surface area contributed by atoms with Gasteiger partial charge in [-0.15, -0.1) is 0 Å². The van der Waals surface area contributed by atoms with Gasteiger partial charge >= 0.3 is 0 Å². The van der Waals surface area contributed by atoms with Crippen molar-refractivity contribution in [3.05, 3.63) is 65.2 Å². The summed E-state index contributed by atoms with van der Waals surface area (Å²) < 4.78 is 0. The first-order valence-electron chi connectivity index (χ1n) is 9.35. The van der Waals surface area contributed by atoms with Gasteiger partial charge in [-0.2, -0.15) is 0 Å². The van der Waals surface area contributed by atoms with Gasteiger partial charge in [0.1, 0.15) is 6.04 Å². The molecule has 1 aliphatic rings. The molecule has 26 heavy (non-hydrogen) atoms. The molecular formula is C22H26N2O2. The average Bonchev–Trinajstić information content (AvgIpc) is 2.90. The number of unbranched alkanes of at least 4 members (excludes halogenated alkanes) is 1. The Hall–Kier alpha value is -2.62. The van der Waals surface area contributed by atoms with Crippen LogP contribution in [0.15, 0.2) is 48.5 Å². The van der Waals surface area contributed by atoms with Crippen LogP contribution < -0.4 is 10.2 Å². The van der Waals surface area contributed by atoms with E-state index in [0.29, 0.717) is 6.54 Å². The molecule has 0 spiro atoms. The summed E-state index contributed by atoms with van der Waals surface area (Å²) in [7, 11) is 0. The lowest BCUT2D eigenvalue weighted by Gasteiger charge is -2.18. The highest BCUT2D eigenvalue weighted by atomic mass is 16.2. The molecule has 2 aromatic rings. The molecular weight excluding hydrogens is 324 g/mol. The highest BCUT2D eigenvalue weighted by molar-refractivity contribution is 6.06. The van der Waals surface area contributed by atoms with Crippen LogP contribution in [0.1, 0.15) is 49.4 Å². The molecule has 4 nitrogen and oxygen atoms in total. The lowest BCUT2D eigenvalue weighted by atomic mass is 10.0. The van der Waals surface area contributed by atoms with Crippen LogP contribution in [0.2, 0.25) is 0 Å². The maximum atomic E-state index is 13.0. The molecule has 2 amide bonds. The molecule has 0 saturated heterocycles. The minimum atomic E-state index is -0.570. The zero-order valence-corrected chi connectivity index (χ0v) is 15.5. The Kier molecular flexibility index (Phi) is 5.71. The number of carbonyl (C=O) groups excluding carboxylic acids is 2. The normalized spacial score (nSPS) is 15.8. The summed E-state index contributed by atoms with van der Waals surface area (Å²) in [5, 5.41) is 2.83. The Balaban J connectivity index is 1.85. The van der Waals surface area contributed by atoms with Crippen molar-refractivity contribution in [3.63, 3.8) is 0 Å². The molecule has 136 valence electrons. The summed E-state index contributed by atoms with van der Waals surface area (Å²) >= 11 is 0. The summed E-state index contributed by atoms with van der Waals surface area (Å²) in [6.45, 7) is 4.24. The maximum Gasteiger partial charge on any atom is 0.254 e. The lowest BCUT2D eigenvalue weighted by molar-refractivity contribution is -0.126. The average molecular weight is 350 g/mol. The van der Waals surface area contributed by atoms with Gasteiger partial charge in [-0.3, -0.25) is 9.59 Å². The molecule has 0 radical (unpaired) electrons. The second kappa shape index (κ2) is 8.17. The van der Waals surface area contributed by atoms with Crippen molar-refractivity contribution >= 4 is 17.5 Å². The third-order valence-corrected chi connectivity index (χ3v) is 4.84. The Bertz CT molecular complexity index is 786. The minimum absolute atomic E-state index is 0.0428. The standard InChI is InChI=1S/C22H26N2O2/c1-3-4-8-18-11-12-20-19(15-18)21(23-16(2)25)22(26)24(20)14-13-17-9-6-5-7-10-17/h5-7,9-12,15,21H,3-4,8,13-14H2,1-2H3,(H,23,25)/t21-/m1/s1. The Morgan fingerprint density at radius 3 is 2.54 bits per heavy atom. The van der Waals surface area contributed by atoms with Crippen molar-refractivity contribution in [2.75, 3.05) is 11.4 Å². The number of nitrogens with one attached hydrogen (secondary N) is 1. The fourth-order valence-corrected chi connectivity index (χ4v) is 3.48. The van der Waals surface area contributed by atoms with Crippen LogP contribution in [0.4, 0.5) is 5.69 Å². The second-order valence-electron chi connectivity index (χ2n) is 6.86. The fraction of sp³-hybridized carbons (Fsp3) is 0.364. The maximum absolute atomic E-state index is 13.0. The molecule has 0 saturated carbocycles. The number of aryl methyl sites for hydroxylation is 1. The van der Waals surface area contributed by atoms with Crippen molar-refractivity contribution in [1.82, 2.24) is 5.32 Å². The number of hydrogen-bond acceptors (Lipinski definition) is 2. The molecule has 4 heteroatoms. The van der Waals surface area contributed by atoms with Crippen LogP contribution >= 0.6 is 0 Å². The Labute approximate surface area is 155 Å². The molecule has 0 unspecified atom stereocenters. The van der Waals surface area contributed by atoms with Crippen LogP contribution in [0.25, 0.3) is 0 Å². The van der Waals surface area contributed by atoms with Gasteiger partial charge in [-0.25, -0.2) is 0 Å². The first kappa shape index (κ1) is 18.2. The van der Waals surface area contributed by atoms with E-state index in [1.807, 2.05) is 29.2 Å². The number of benzene rings is 2. The van der Waals surface area contributed by atoms with E-state index in [1.54, 1.807) is 0 Å². The third kappa shape index (κ3) is 3.96. The minimum Gasteiger partial charge on any atom is -0.341 e. The van der Waals surface area contributed by atoms with Crippen molar-refractivity contribution in [2.24, 2.45) is 0 Å². The predicted octanol–water partition coefficient (Wildman–Crippen LogP) is 3.80. The zero-order chi connectivity index (χ0) is 18.5. The molecule has 0 fully saturated rings. The molecule has 2 aromatic carbocycles. The van der Waals surface area contributed by atoms with Gasteiger partial charge < -0.3 is 10.2 Å². The SMILES string of the molecule is CCCCc1ccc2c(c1)[C@@H](NC(C)=O)C(=O)N2CCc1ccccc1. The zero-order valence-electron chi connectivity index (χ0n) is 15.5. The summed E-state index contributed by atoms with van der Waals surface area (Å²) in [5.41, 5.74) is 4.26. The number of hydrogen-bond donors (Lipinski definition) is 1. The first-order valence-corrected chi connectivity index (χ1v) is 9.35. The largest absolute Gasteiger partial charge is 0.341 e. The molecule has 1 aliphatic heterocycles. The van der Waals surface area contributed by atoms with Gasteiger partial charge in [0.25, 0.3) is 5.91 Å². The summed E-state index contributed by atoms with van der Waals surface area (Å²) in [6.07, 6.45) is 4.04. The quantitative estimate of drug-likeness (QED) is 0.826. The number of carbonyl (C=O) groups is 2. The smallest absolute Gasteiger partial charge is 0.254 e. The number of nitrogens with zero attached hydrogens (tertiary/aromatic N) is 1. The highest BCUT2D eigenvalue weighted by Gasteiger charge is 2.37. The molecule has 0 bridgehead atoms. The molecule has 1 N–H and O–H groups in total. The second-order valence-corrected chi connectivity index (χ2v) is 6.86. The monoisotopic (exact) mass is 350 g/mol. The summed E-state index contributed by atoms with van der Waals surface area (Å²) in [6, 6.07) is 15.8. The van der Waals surface area contributed by atoms with Gasteiger partial charge in [0.15, 0.2) is 0 Å². The van der Waals surface area contributed by atoms with Gasteiger partial charge in [0.05, 0.1) is 0 Å². The Morgan fingerprint density at radius 1 is 1.08 bits per heavy atom. The fourth-order valence-electron chi connectivity index (χ4n) is 3.48. The highest BCUT2D eigenvalue weighted by Crippen LogP contribution is 2.37. The number of rotatable bonds is 7. The van der Waals surface area contributed by atoms with Gasteiger partial charge in [-0.05, 0) is 36.5 Å². The van der Waals surface area contributed by atoms with E-state index in [0.717, 1.165) is 36.9 Å². The molecule has 0 aliphatic carbocycles. The van der Waals surface area contributed by atoms with Crippen LogP contribution in [0, 0.1) is 0 Å². The van der Waals surface area contributed by atoms with Crippen molar-refractivity contribution < 1.29 is 9.59 Å². The molecule has 0 aromatic heterocycles. The molecule has 1 atom stereocenters. The van der Waals surface area contributed by atoms with Crippen LogP contribution in [-0.2, 0) is 22.4 Å². The van der Waals surface area contributed by atoms with Crippen molar-refractivity contribution in [3.8, 4) is 0 Å². The van der Waals surface area contributed by atoms with E-state index >= 15 is 0 Å². The molecule has 1 heterocycles. The van der Waals surface area contributed by atoms with E-state index in [-0.39, 0.29) is 11.8 Å². The van der Waals surface area contributed by atoms with Gasteiger partial charge in [-0.1, -0.05) is 55.8 Å². The third-order valence-electron chi connectivity index (χ3n) is 4.84. The van der Waals surface area contributed by atoms with E-state index < -0.39 is 6.04 Å². The van der Waals surface area contributed by atoms with E-state index in [2.05, 4.69) is 36.5 Å². The van der Waals surface area contributed by atoms with Crippen LogP contribution in [0.3, 0.4) is 0 Å².